The summed E-state index contributed by atoms with van der Waals surface area (Å²) in [6.45, 7) is 10.6. The van der Waals surface area contributed by atoms with Crippen LogP contribution < -0.4 is 16.0 Å². The van der Waals surface area contributed by atoms with Crippen molar-refractivity contribution in [3.8, 4) is 0 Å². The predicted molar refractivity (Wildman–Crippen MR) is 184 cm³/mol. The summed E-state index contributed by atoms with van der Waals surface area (Å²) in [7, 11) is 0. The first-order chi connectivity index (χ1) is 23.5. The van der Waals surface area contributed by atoms with E-state index in [1.165, 1.54) is 16.0 Å². The topological polar surface area (TPSA) is 160 Å². The largest absolute Gasteiger partial charge is 0.381 e. The lowest BCUT2D eigenvalue weighted by atomic mass is 9.97. The molecule has 2 aliphatic rings. The molecule has 0 spiro atoms. The highest BCUT2D eigenvalue weighted by atomic mass is 32.1. The molecule has 13 nitrogen and oxygen atoms in total. The first kappa shape index (κ1) is 36.1. The first-order valence-electron chi connectivity index (χ1n) is 17.1. The maximum atomic E-state index is 13.9. The Bertz CT molecular complexity index is 1600. The Hall–Kier alpha value is -4.17. The quantitative estimate of drug-likeness (QED) is 0.355. The fraction of sp³-hybridized carbons (Fsp3) is 0.571. The van der Waals surface area contributed by atoms with Gasteiger partial charge in [0.25, 0.3) is 5.91 Å². The summed E-state index contributed by atoms with van der Waals surface area (Å²) in [5, 5.41) is 16.2. The summed E-state index contributed by atoms with van der Waals surface area (Å²) in [4.78, 5) is 66.0. The Morgan fingerprint density at radius 2 is 1.67 bits per heavy atom. The van der Waals surface area contributed by atoms with E-state index in [1.54, 1.807) is 17.2 Å². The zero-order chi connectivity index (χ0) is 35.1. The number of nitrogens with zero attached hydrogens (tertiary/aromatic N) is 5. The number of ether oxygens (including phenoxy) is 1. The molecule has 1 aromatic carbocycles. The van der Waals surface area contributed by atoms with Gasteiger partial charge in [-0.15, -0.1) is 11.3 Å². The fourth-order valence-corrected chi connectivity index (χ4v) is 7.14. The lowest BCUT2D eigenvalue weighted by Crippen LogP contribution is -2.53. The van der Waals surface area contributed by atoms with Gasteiger partial charge in [-0.2, -0.15) is 5.10 Å². The molecule has 4 heterocycles. The van der Waals surface area contributed by atoms with Crippen molar-refractivity contribution in [2.75, 3.05) is 26.3 Å². The maximum Gasteiger partial charge on any atom is 0.271 e. The third kappa shape index (κ3) is 9.72. The van der Waals surface area contributed by atoms with Crippen LogP contribution in [-0.2, 0) is 32.1 Å². The van der Waals surface area contributed by atoms with Crippen LogP contribution >= 0.6 is 11.3 Å². The fourth-order valence-electron chi connectivity index (χ4n) is 6.28. The second-order valence-electron chi connectivity index (χ2n) is 13.7. The van der Waals surface area contributed by atoms with E-state index >= 15 is 0 Å². The predicted octanol–water partition coefficient (Wildman–Crippen LogP) is 3.37. The Balaban J connectivity index is 1.53. The van der Waals surface area contributed by atoms with Crippen molar-refractivity contribution >= 4 is 35.0 Å². The normalized spacial score (nSPS) is 21.8. The number of hydrogen-bond donors (Lipinski definition) is 3. The van der Waals surface area contributed by atoms with E-state index in [0.29, 0.717) is 55.6 Å². The summed E-state index contributed by atoms with van der Waals surface area (Å²) in [6.07, 6.45) is 2.16. The van der Waals surface area contributed by atoms with Gasteiger partial charge in [0.15, 0.2) is 5.82 Å². The molecule has 5 rings (SSSR count). The number of rotatable bonds is 6. The SMILES string of the molecule is Cc1nc2n(n1)CC(=O)N[C@@H](C(C)C)CN(C(=O)C1CCOCC1)CC(=O)N[C@@H](CC(C)C)c1nc(cs1)C(=O)N[C@H]2Cc1ccccc1. The highest BCUT2D eigenvalue weighted by molar-refractivity contribution is 7.09. The van der Waals surface area contributed by atoms with Gasteiger partial charge in [-0.3, -0.25) is 19.2 Å². The molecule has 4 amide bonds. The average molecular weight is 693 g/mol. The van der Waals surface area contributed by atoms with Crippen LogP contribution in [0.25, 0.3) is 0 Å². The van der Waals surface area contributed by atoms with E-state index in [1.807, 2.05) is 44.2 Å². The molecule has 0 radical (unpaired) electrons. The van der Waals surface area contributed by atoms with E-state index in [2.05, 4.69) is 39.9 Å². The molecular formula is C35H48N8O5S. The number of carbonyl (C=O) groups is 4. The monoisotopic (exact) mass is 692 g/mol. The van der Waals surface area contributed by atoms with Crippen molar-refractivity contribution in [2.45, 2.75) is 85.0 Å². The van der Waals surface area contributed by atoms with E-state index < -0.39 is 24.0 Å². The van der Waals surface area contributed by atoms with Crippen molar-refractivity contribution in [1.82, 2.24) is 40.6 Å². The van der Waals surface area contributed by atoms with Crippen LogP contribution in [0.2, 0.25) is 0 Å². The standard InChI is InChI=1S/C35H48N8O5S/c1-21(2)15-27-34-40-29(20-49-34)33(46)39-26(16-24-9-7-6-8-10-24)32-36-23(5)41-43(32)19-31(45)38-28(22(3)4)17-42(18-30(44)37-27)35(47)25-11-13-48-14-12-25/h6-10,20-22,25-28H,11-19H2,1-5H3,(H,37,44)(H,38,45)(H,39,46)/t26-,27-,28+/m0/s1. The van der Waals surface area contributed by atoms with Crippen LogP contribution in [0.3, 0.4) is 0 Å². The Kier molecular flexibility index (Phi) is 12.2. The van der Waals surface area contributed by atoms with Crippen molar-refractivity contribution in [3.05, 3.63) is 63.6 Å². The average Bonchev–Trinajstić information content (AvgIpc) is 3.70. The summed E-state index contributed by atoms with van der Waals surface area (Å²) in [5.74, 6) is -0.357. The lowest BCUT2D eigenvalue weighted by Gasteiger charge is -2.34. The Morgan fingerprint density at radius 3 is 2.37 bits per heavy atom. The van der Waals surface area contributed by atoms with E-state index in [0.717, 1.165) is 5.56 Å². The van der Waals surface area contributed by atoms with Crippen molar-refractivity contribution in [2.24, 2.45) is 17.8 Å². The molecule has 2 bridgehead atoms. The van der Waals surface area contributed by atoms with Crippen LogP contribution in [-0.4, -0.2) is 80.6 Å². The highest BCUT2D eigenvalue weighted by Crippen LogP contribution is 2.26. The van der Waals surface area contributed by atoms with Gasteiger partial charge in [0.05, 0.1) is 18.6 Å². The van der Waals surface area contributed by atoms with E-state index in [-0.39, 0.29) is 60.8 Å². The molecule has 3 atom stereocenters. The highest BCUT2D eigenvalue weighted by Gasteiger charge is 2.33. The molecule has 0 unspecified atom stereocenters. The Morgan fingerprint density at radius 1 is 0.959 bits per heavy atom. The molecule has 0 saturated carbocycles. The number of aromatic nitrogens is 4. The number of carbonyl (C=O) groups excluding carboxylic acids is 4. The summed E-state index contributed by atoms with van der Waals surface area (Å²) < 4.78 is 7.03. The minimum absolute atomic E-state index is 0.0490. The van der Waals surface area contributed by atoms with Gasteiger partial charge in [-0.25, -0.2) is 14.6 Å². The smallest absolute Gasteiger partial charge is 0.271 e. The molecule has 2 aliphatic heterocycles. The van der Waals surface area contributed by atoms with Crippen LogP contribution in [0, 0.1) is 24.7 Å². The number of fused-ring (bicyclic) bond motifs is 3. The third-order valence-corrected chi connectivity index (χ3v) is 9.84. The molecule has 3 aromatic rings. The summed E-state index contributed by atoms with van der Waals surface area (Å²) >= 11 is 1.31. The van der Waals surface area contributed by atoms with Gasteiger partial charge in [0.2, 0.25) is 17.7 Å². The zero-order valence-corrected chi connectivity index (χ0v) is 29.8. The number of thiazole rings is 1. The second kappa shape index (κ2) is 16.5. The van der Waals surface area contributed by atoms with Gasteiger partial charge in [-0.05, 0) is 50.0 Å². The third-order valence-electron chi connectivity index (χ3n) is 8.88. The summed E-state index contributed by atoms with van der Waals surface area (Å²) in [5.41, 5.74) is 1.19. The van der Waals surface area contributed by atoms with Crippen LogP contribution in [0.1, 0.15) is 91.7 Å². The van der Waals surface area contributed by atoms with Crippen molar-refractivity contribution < 1.29 is 23.9 Å². The minimum atomic E-state index is -0.618. The van der Waals surface area contributed by atoms with Gasteiger partial charge < -0.3 is 25.6 Å². The maximum absolute atomic E-state index is 13.9. The van der Waals surface area contributed by atoms with Gasteiger partial charge in [-0.1, -0.05) is 58.0 Å². The molecule has 264 valence electrons. The number of amides is 4. The minimum Gasteiger partial charge on any atom is -0.381 e. The number of aryl methyl sites for hydroxylation is 1. The summed E-state index contributed by atoms with van der Waals surface area (Å²) in [6, 6.07) is 8.22. The van der Waals surface area contributed by atoms with E-state index in [4.69, 9.17) is 9.72 Å². The Labute approximate surface area is 291 Å². The molecule has 49 heavy (non-hydrogen) atoms. The molecule has 1 saturated heterocycles. The van der Waals surface area contributed by atoms with Gasteiger partial charge >= 0.3 is 0 Å². The molecular weight excluding hydrogens is 645 g/mol. The molecule has 1 fully saturated rings. The first-order valence-corrected chi connectivity index (χ1v) is 18.0. The van der Waals surface area contributed by atoms with Crippen molar-refractivity contribution in [1.29, 1.82) is 0 Å². The molecule has 0 aliphatic carbocycles. The molecule has 14 heteroatoms. The molecule has 3 N–H and O–H groups in total. The van der Waals surface area contributed by atoms with Crippen LogP contribution in [0.15, 0.2) is 35.7 Å². The van der Waals surface area contributed by atoms with Gasteiger partial charge in [0, 0.05) is 37.1 Å². The lowest BCUT2D eigenvalue weighted by molar-refractivity contribution is -0.143. The van der Waals surface area contributed by atoms with E-state index in [9.17, 15) is 19.2 Å². The zero-order valence-electron chi connectivity index (χ0n) is 29.0. The van der Waals surface area contributed by atoms with Gasteiger partial charge in [0.1, 0.15) is 23.1 Å². The van der Waals surface area contributed by atoms with Crippen LogP contribution in [0.4, 0.5) is 0 Å². The second-order valence-corrected chi connectivity index (χ2v) is 14.6. The number of benzene rings is 1. The molecule has 2 aromatic heterocycles. The van der Waals surface area contributed by atoms with Crippen LogP contribution in [0.5, 0.6) is 0 Å². The van der Waals surface area contributed by atoms with Crippen molar-refractivity contribution in [3.63, 3.8) is 0 Å². The number of nitrogens with one attached hydrogen (secondary N) is 3. The number of hydrogen-bond acceptors (Lipinski definition) is 9.